The Morgan fingerprint density at radius 1 is 1.15 bits per heavy atom. The van der Waals surface area contributed by atoms with Crippen LogP contribution in [0, 0.1) is 20.2 Å². The lowest BCUT2D eigenvalue weighted by Crippen LogP contribution is -2.16. The van der Waals surface area contributed by atoms with E-state index in [9.17, 15) is 30.1 Å². The second kappa shape index (κ2) is 7.17. The highest BCUT2D eigenvalue weighted by Gasteiger charge is 2.16. The summed E-state index contributed by atoms with van der Waals surface area (Å²) < 4.78 is 0.700. The van der Waals surface area contributed by atoms with Crippen LogP contribution in [0.5, 0.6) is 5.75 Å². The molecule has 0 saturated heterocycles. The molecule has 2 N–H and O–H groups in total. The van der Waals surface area contributed by atoms with E-state index in [1.807, 2.05) is 0 Å². The highest BCUT2D eigenvalue weighted by molar-refractivity contribution is 7.20. The fraction of sp³-hybridized carbons (Fsp3) is 0. The standard InChI is InChI=1S/C16H10N4O6S/c21-15-9(2-1-3-12(15)20(25)26)8-17-18-16(22)14-7-10-6-11(19(23)24)4-5-13(10)27-14/h1-8,21H,(H,18,22). The van der Waals surface area contributed by atoms with Crippen LogP contribution in [0.2, 0.25) is 0 Å². The molecular formula is C16H10N4O6S. The maximum absolute atomic E-state index is 12.2. The third-order valence-electron chi connectivity index (χ3n) is 3.55. The number of non-ortho nitro benzene ring substituents is 1. The zero-order valence-corrected chi connectivity index (χ0v) is 14.2. The van der Waals surface area contributed by atoms with Gasteiger partial charge in [0.25, 0.3) is 11.6 Å². The first-order valence-corrected chi connectivity index (χ1v) is 8.16. The summed E-state index contributed by atoms with van der Waals surface area (Å²) in [4.78, 5) is 32.8. The van der Waals surface area contributed by atoms with E-state index in [4.69, 9.17) is 0 Å². The molecule has 11 heteroatoms. The zero-order chi connectivity index (χ0) is 19.6. The van der Waals surface area contributed by atoms with Gasteiger partial charge in [-0.15, -0.1) is 11.3 Å². The molecular weight excluding hydrogens is 376 g/mol. The van der Waals surface area contributed by atoms with Crippen LogP contribution in [0.3, 0.4) is 0 Å². The van der Waals surface area contributed by atoms with Crippen molar-refractivity contribution in [3.63, 3.8) is 0 Å². The van der Waals surface area contributed by atoms with Gasteiger partial charge < -0.3 is 5.11 Å². The molecule has 0 radical (unpaired) electrons. The highest BCUT2D eigenvalue weighted by atomic mass is 32.1. The molecule has 2 aromatic carbocycles. The number of amides is 1. The predicted molar refractivity (Wildman–Crippen MR) is 98.3 cm³/mol. The Morgan fingerprint density at radius 2 is 1.93 bits per heavy atom. The Hall–Kier alpha value is -3.86. The van der Waals surface area contributed by atoms with Gasteiger partial charge in [-0.05, 0) is 18.2 Å². The number of aromatic hydroxyl groups is 1. The number of nitro groups is 2. The van der Waals surface area contributed by atoms with Crippen LogP contribution >= 0.6 is 11.3 Å². The van der Waals surface area contributed by atoms with E-state index in [0.29, 0.717) is 10.1 Å². The minimum absolute atomic E-state index is 0.0662. The average Bonchev–Trinajstić information content (AvgIpc) is 3.06. The maximum atomic E-state index is 12.2. The Morgan fingerprint density at radius 3 is 2.63 bits per heavy atom. The fourth-order valence-electron chi connectivity index (χ4n) is 2.27. The van der Waals surface area contributed by atoms with E-state index in [-0.39, 0.29) is 16.1 Å². The minimum atomic E-state index is -0.734. The molecule has 0 spiro atoms. The highest BCUT2D eigenvalue weighted by Crippen LogP contribution is 2.29. The second-order valence-corrected chi connectivity index (χ2v) is 6.34. The molecule has 136 valence electrons. The summed E-state index contributed by atoms with van der Waals surface area (Å²) in [6.45, 7) is 0. The Kier molecular flexibility index (Phi) is 4.77. The van der Waals surface area contributed by atoms with Crippen LogP contribution in [-0.2, 0) is 0 Å². The first-order chi connectivity index (χ1) is 12.9. The average molecular weight is 386 g/mol. The first kappa shape index (κ1) is 17.9. The predicted octanol–water partition coefficient (Wildman–Crippen LogP) is 3.19. The van der Waals surface area contributed by atoms with Crippen LogP contribution in [0.25, 0.3) is 10.1 Å². The Balaban J connectivity index is 1.77. The lowest BCUT2D eigenvalue weighted by molar-refractivity contribution is -0.385. The molecule has 0 aliphatic carbocycles. The smallest absolute Gasteiger partial charge is 0.311 e. The summed E-state index contributed by atoms with van der Waals surface area (Å²) in [6, 6.07) is 9.69. The van der Waals surface area contributed by atoms with Crippen LogP contribution in [-0.4, -0.2) is 27.1 Å². The quantitative estimate of drug-likeness (QED) is 0.391. The molecule has 1 amide bonds. The minimum Gasteiger partial charge on any atom is -0.502 e. The van der Waals surface area contributed by atoms with E-state index in [1.54, 1.807) is 6.07 Å². The van der Waals surface area contributed by atoms with Crippen molar-refractivity contribution in [3.05, 3.63) is 73.1 Å². The first-order valence-electron chi connectivity index (χ1n) is 7.34. The molecule has 0 fully saturated rings. The zero-order valence-electron chi connectivity index (χ0n) is 13.4. The van der Waals surface area contributed by atoms with Crippen molar-refractivity contribution in [3.8, 4) is 5.75 Å². The molecule has 0 aliphatic heterocycles. The van der Waals surface area contributed by atoms with Crippen molar-refractivity contribution in [1.82, 2.24) is 5.43 Å². The molecule has 3 rings (SSSR count). The van der Waals surface area contributed by atoms with E-state index >= 15 is 0 Å². The number of hydrazone groups is 1. The van der Waals surface area contributed by atoms with E-state index < -0.39 is 27.2 Å². The normalized spacial score (nSPS) is 11.0. The van der Waals surface area contributed by atoms with Gasteiger partial charge in [0.05, 0.1) is 20.9 Å². The Labute approximate surface area is 154 Å². The number of fused-ring (bicyclic) bond motifs is 1. The number of rotatable bonds is 5. The van der Waals surface area contributed by atoms with Gasteiger partial charge in [-0.3, -0.25) is 25.0 Å². The van der Waals surface area contributed by atoms with E-state index in [2.05, 4.69) is 10.5 Å². The third-order valence-corrected chi connectivity index (χ3v) is 4.66. The molecule has 1 aromatic heterocycles. The van der Waals surface area contributed by atoms with E-state index in [0.717, 1.165) is 23.6 Å². The number of nitrogens with zero attached hydrogens (tertiary/aromatic N) is 3. The van der Waals surface area contributed by atoms with Crippen LogP contribution in [0.15, 0.2) is 47.6 Å². The number of hydrogen-bond donors (Lipinski definition) is 2. The van der Waals surface area contributed by atoms with Gasteiger partial charge in [-0.2, -0.15) is 5.10 Å². The van der Waals surface area contributed by atoms with Crippen LogP contribution in [0.4, 0.5) is 11.4 Å². The molecule has 0 saturated carbocycles. The summed E-state index contributed by atoms with van der Waals surface area (Å²) >= 11 is 1.13. The number of phenolic OH excluding ortho intramolecular Hbond substituents is 1. The number of carbonyl (C=O) groups is 1. The van der Waals surface area contributed by atoms with Crippen molar-refractivity contribution in [2.45, 2.75) is 0 Å². The number of carbonyl (C=O) groups excluding carboxylic acids is 1. The summed E-state index contributed by atoms with van der Waals surface area (Å²) in [6.07, 6.45) is 1.08. The van der Waals surface area contributed by atoms with Crippen molar-refractivity contribution >= 4 is 44.9 Å². The number of hydrogen-bond acceptors (Lipinski definition) is 8. The van der Waals surface area contributed by atoms with Gasteiger partial charge in [0.15, 0.2) is 0 Å². The molecule has 0 unspecified atom stereocenters. The summed E-state index contributed by atoms with van der Waals surface area (Å²) in [5.41, 5.74) is 1.76. The topological polar surface area (TPSA) is 148 Å². The van der Waals surface area contributed by atoms with Crippen molar-refractivity contribution in [1.29, 1.82) is 0 Å². The monoisotopic (exact) mass is 386 g/mol. The fourth-order valence-corrected chi connectivity index (χ4v) is 3.20. The number of thiophene rings is 1. The number of benzene rings is 2. The third kappa shape index (κ3) is 3.72. The van der Waals surface area contributed by atoms with Gasteiger partial charge in [-0.1, -0.05) is 6.07 Å². The second-order valence-electron chi connectivity index (χ2n) is 5.26. The van der Waals surface area contributed by atoms with Crippen molar-refractivity contribution in [2.75, 3.05) is 0 Å². The van der Waals surface area contributed by atoms with Gasteiger partial charge in [0.1, 0.15) is 0 Å². The number of nitrogens with one attached hydrogen (secondary N) is 1. The van der Waals surface area contributed by atoms with Gasteiger partial charge in [-0.25, -0.2) is 5.43 Å². The Bertz CT molecular complexity index is 1110. The number of nitro benzene ring substituents is 2. The lowest BCUT2D eigenvalue weighted by atomic mass is 10.2. The molecule has 27 heavy (non-hydrogen) atoms. The molecule has 10 nitrogen and oxygen atoms in total. The van der Waals surface area contributed by atoms with Crippen molar-refractivity contribution in [2.24, 2.45) is 5.10 Å². The van der Waals surface area contributed by atoms with E-state index in [1.165, 1.54) is 30.3 Å². The summed E-state index contributed by atoms with van der Waals surface area (Å²) in [5, 5.41) is 35.6. The van der Waals surface area contributed by atoms with Gasteiger partial charge >= 0.3 is 5.69 Å². The lowest BCUT2D eigenvalue weighted by Gasteiger charge is -2.00. The molecule has 3 aromatic rings. The molecule has 1 heterocycles. The molecule has 0 atom stereocenters. The van der Waals surface area contributed by atoms with Gasteiger partial charge in [0.2, 0.25) is 5.75 Å². The molecule has 0 bridgehead atoms. The summed E-state index contributed by atoms with van der Waals surface area (Å²) in [7, 11) is 0. The summed E-state index contributed by atoms with van der Waals surface area (Å²) in [5.74, 6) is -1.12. The maximum Gasteiger partial charge on any atom is 0.311 e. The number of para-hydroxylation sites is 1. The van der Waals surface area contributed by atoms with Crippen LogP contribution < -0.4 is 5.43 Å². The molecule has 0 aliphatic rings. The van der Waals surface area contributed by atoms with Crippen molar-refractivity contribution < 1.29 is 19.7 Å². The van der Waals surface area contributed by atoms with Gasteiger partial charge in [0, 0.05) is 33.8 Å². The SMILES string of the molecule is O=C(NN=Cc1cccc([N+](=O)[O-])c1O)c1cc2cc([N+](=O)[O-])ccc2s1. The van der Waals surface area contributed by atoms with Crippen LogP contribution in [0.1, 0.15) is 15.2 Å². The number of phenols is 1. The largest absolute Gasteiger partial charge is 0.502 e.